The highest BCUT2D eigenvalue weighted by Gasteiger charge is 2.24. The fraction of sp³-hybridized carbons (Fsp3) is 0.348. The number of rotatable bonds is 10. The van der Waals surface area contributed by atoms with Crippen LogP contribution in [-0.2, 0) is 33.8 Å². The summed E-state index contributed by atoms with van der Waals surface area (Å²) in [5, 5.41) is 3.06. The lowest BCUT2D eigenvalue weighted by molar-refractivity contribution is -0.140. The lowest BCUT2D eigenvalue weighted by Crippen LogP contribution is -2.28. The summed E-state index contributed by atoms with van der Waals surface area (Å²) in [4.78, 5) is 28.6. The van der Waals surface area contributed by atoms with E-state index in [1.165, 1.54) is 42.7 Å². The van der Waals surface area contributed by atoms with Gasteiger partial charge in [0.1, 0.15) is 11.6 Å². The zero-order valence-electron chi connectivity index (χ0n) is 19.1. The van der Waals surface area contributed by atoms with Crippen molar-refractivity contribution in [2.45, 2.75) is 32.7 Å². The lowest BCUT2D eigenvalue weighted by Gasteiger charge is -2.24. The predicted octanol–water partition coefficient (Wildman–Crippen LogP) is 3.11. The molecule has 1 unspecified atom stereocenters. The zero-order chi connectivity index (χ0) is 24.8. The Balaban J connectivity index is 2.03. The Labute approximate surface area is 198 Å². The van der Waals surface area contributed by atoms with Gasteiger partial charge in [-0.05, 0) is 48.7 Å². The van der Waals surface area contributed by atoms with Gasteiger partial charge in [-0.2, -0.15) is 0 Å². The van der Waals surface area contributed by atoms with Crippen molar-refractivity contribution in [1.82, 2.24) is 14.6 Å². The molecular weight excluding hydrogens is 465 g/mol. The van der Waals surface area contributed by atoms with Gasteiger partial charge in [-0.3, -0.25) is 13.8 Å². The van der Waals surface area contributed by atoms with Crippen LogP contribution in [0.3, 0.4) is 0 Å². The van der Waals surface area contributed by atoms with Crippen molar-refractivity contribution in [3.63, 3.8) is 0 Å². The minimum Gasteiger partial charge on any atom is -0.760 e. The molecule has 34 heavy (non-hydrogen) atoms. The van der Waals surface area contributed by atoms with Crippen LogP contribution in [-0.4, -0.2) is 50.6 Å². The highest BCUT2D eigenvalue weighted by atomic mass is 32.2. The molecule has 3 aromatic rings. The number of carbonyl (C=O) groups excluding carboxylic acids is 2. The maximum absolute atomic E-state index is 13.4. The number of nitrogens with one attached hydrogen (secondary N) is 1. The largest absolute Gasteiger partial charge is 0.760 e. The number of ether oxygens (including phenoxy) is 1. The predicted molar refractivity (Wildman–Crippen MR) is 123 cm³/mol. The Hall–Kier alpha value is -3.15. The number of halogens is 1. The summed E-state index contributed by atoms with van der Waals surface area (Å²) in [6.07, 6.45) is 0.913. The van der Waals surface area contributed by atoms with Crippen molar-refractivity contribution in [2.24, 2.45) is 0 Å². The summed E-state index contributed by atoms with van der Waals surface area (Å²) >= 11 is -2.54. The van der Waals surface area contributed by atoms with Gasteiger partial charge in [-0.1, -0.05) is 6.92 Å². The lowest BCUT2D eigenvalue weighted by atomic mass is 10.0. The van der Waals surface area contributed by atoms with Crippen LogP contribution in [0.1, 0.15) is 41.4 Å². The number of pyridine rings is 1. The molecule has 0 spiro atoms. The van der Waals surface area contributed by atoms with Crippen LogP contribution in [0, 0.1) is 5.82 Å². The van der Waals surface area contributed by atoms with E-state index in [9.17, 15) is 22.7 Å². The first-order valence-electron chi connectivity index (χ1n) is 10.6. The van der Waals surface area contributed by atoms with E-state index in [1.807, 2.05) is 6.92 Å². The average Bonchev–Trinajstić information content (AvgIpc) is 3.20. The van der Waals surface area contributed by atoms with Crippen molar-refractivity contribution in [2.75, 3.05) is 20.7 Å². The number of fused-ring (bicyclic) bond motifs is 1. The van der Waals surface area contributed by atoms with E-state index in [2.05, 4.69) is 15.0 Å². The fourth-order valence-electron chi connectivity index (χ4n) is 3.57. The van der Waals surface area contributed by atoms with Crippen LogP contribution in [0.15, 0.2) is 34.7 Å². The standard InChI is InChI=1S/C23H26FN3O6S/c1-4-14-12-17-20(22(29)25-2)21(15-7-9-16(24)10-8-15)33-23(17)26-18(14)13-27(34(30)31)11-5-6-19(28)32-3/h7-10,12H,4-6,11,13H2,1-3H3,(H,25,29)(H,30,31)/p-1. The molecule has 0 fully saturated rings. The van der Waals surface area contributed by atoms with Crippen molar-refractivity contribution < 1.29 is 31.9 Å². The number of aromatic nitrogens is 1. The maximum Gasteiger partial charge on any atom is 0.305 e. The van der Waals surface area contributed by atoms with E-state index in [0.29, 0.717) is 29.5 Å². The van der Waals surface area contributed by atoms with Crippen molar-refractivity contribution in [1.29, 1.82) is 0 Å². The van der Waals surface area contributed by atoms with Crippen LogP contribution in [0.5, 0.6) is 0 Å². The zero-order valence-corrected chi connectivity index (χ0v) is 19.9. The normalized spacial score (nSPS) is 12.2. The van der Waals surface area contributed by atoms with Crippen LogP contribution < -0.4 is 5.32 Å². The number of esters is 1. The van der Waals surface area contributed by atoms with E-state index in [-0.39, 0.29) is 42.5 Å². The monoisotopic (exact) mass is 490 g/mol. The molecule has 1 atom stereocenters. The molecule has 0 saturated heterocycles. The van der Waals surface area contributed by atoms with Crippen LogP contribution >= 0.6 is 0 Å². The first-order chi connectivity index (χ1) is 16.3. The SMILES string of the molecule is CCc1cc2c(C(=O)NC)c(-c3ccc(F)cc3)oc2nc1CN(CCCC(=O)OC)S(=O)[O-]. The molecule has 0 radical (unpaired) electrons. The number of nitrogens with zero attached hydrogens (tertiary/aromatic N) is 2. The topological polar surface area (TPSA) is 125 Å². The molecule has 2 heterocycles. The van der Waals surface area contributed by atoms with Gasteiger partial charge in [0, 0.05) is 36.8 Å². The molecule has 0 aliphatic heterocycles. The summed E-state index contributed by atoms with van der Waals surface area (Å²) in [6, 6.07) is 7.30. The van der Waals surface area contributed by atoms with Crippen molar-refractivity contribution in [3.05, 3.63) is 53.0 Å². The van der Waals surface area contributed by atoms with Gasteiger partial charge in [0.05, 0.1) is 30.3 Å². The van der Waals surface area contributed by atoms with E-state index < -0.39 is 23.1 Å². The number of aryl methyl sites for hydroxylation is 1. The Bertz CT molecular complexity index is 1210. The number of hydrogen-bond acceptors (Lipinski definition) is 7. The van der Waals surface area contributed by atoms with Crippen LogP contribution in [0.25, 0.3) is 22.4 Å². The first-order valence-corrected chi connectivity index (χ1v) is 11.7. The molecule has 3 rings (SSSR count). The van der Waals surface area contributed by atoms with Gasteiger partial charge in [-0.15, -0.1) is 0 Å². The molecule has 2 aromatic heterocycles. The molecule has 0 saturated carbocycles. The third kappa shape index (κ3) is 5.66. The van der Waals surface area contributed by atoms with Crippen molar-refractivity contribution in [3.8, 4) is 11.3 Å². The van der Waals surface area contributed by atoms with Gasteiger partial charge in [0.25, 0.3) is 5.91 Å². The van der Waals surface area contributed by atoms with Gasteiger partial charge < -0.3 is 19.0 Å². The second kappa shape index (κ2) is 11.3. The summed E-state index contributed by atoms with van der Waals surface area (Å²) in [7, 11) is 2.77. The quantitative estimate of drug-likeness (QED) is 0.342. The molecular formula is C23H25FN3O6S-. The van der Waals surface area contributed by atoms with E-state index in [0.717, 1.165) is 5.56 Å². The Morgan fingerprint density at radius 1 is 1.29 bits per heavy atom. The molecule has 1 N–H and O–H groups in total. The molecule has 0 aliphatic carbocycles. The highest BCUT2D eigenvalue weighted by molar-refractivity contribution is 7.76. The molecule has 182 valence electrons. The number of benzene rings is 1. The Kier molecular flexibility index (Phi) is 8.48. The number of furan rings is 1. The average molecular weight is 491 g/mol. The minimum absolute atomic E-state index is 0.0295. The third-order valence-electron chi connectivity index (χ3n) is 5.35. The maximum atomic E-state index is 13.4. The van der Waals surface area contributed by atoms with Crippen LogP contribution in [0.4, 0.5) is 4.39 Å². The van der Waals surface area contributed by atoms with Gasteiger partial charge in [-0.25, -0.2) is 13.7 Å². The smallest absolute Gasteiger partial charge is 0.305 e. The van der Waals surface area contributed by atoms with E-state index in [4.69, 9.17) is 4.42 Å². The second-order valence-electron chi connectivity index (χ2n) is 7.45. The summed E-state index contributed by atoms with van der Waals surface area (Å²) < 4.78 is 48.7. The molecule has 0 bridgehead atoms. The second-order valence-corrected chi connectivity index (χ2v) is 8.40. The highest BCUT2D eigenvalue weighted by Crippen LogP contribution is 2.34. The first kappa shape index (κ1) is 25.5. The van der Waals surface area contributed by atoms with Crippen LogP contribution in [0.2, 0.25) is 0 Å². The van der Waals surface area contributed by atoms with Gasteiger partial charge >= 0.3 is 5.97 Å². The van der Waals surface area contributed by atoms with E-state index >= 15 is 0 Å². The number of methoxy groups -OCH3 is 1. The molecule has 0 aliphatic rings. The summed E-state index contributed by atoms with van der Waals surface area (Å²) in [5.74, 6) is -0.993. The number of amides is 1. The number of hydrogen-bond donors (Lipinski definition) is 1. The summed E-state index contributed by atoms with van der Waals surface area (Å²) in [5.41, 5.74) is 2.15. The van der Waals surface area contributed by atoms with E-state index in [1.54, 1.807) is 6.07 Å². The Morgan fingerprint density at radius 2 is 2.00 bits per heavy atom. The number of carbonyl (C=O) groups is 2. The molecule has 11 heteroatoms. The van der Waals surface area contributed by atoms with Crippen molar-refractivity contribution >= 4 is 34.2 Å². The molecule has 9 nitrogen and oxygen atoms in total. The molecule has 1 amide bonds. The Morgan fingerprint density at radius 3 is 2.59 bits per heavy atom. The van der Waals surface area contributed by atoms with Gasteiger partial charge in [0.2, 0.25) is 5.71 Å². The fourth-order valence-corrected chi connectivity index (χ4v) is 4.08. The van der Waals surface area contributed by atoms with Gasteiger partial charge in [0.15, 0.2) is 0 Å². The summed E-state index contributed by atoms with van der Waals surface area (Å²) in [6.45, 7) is 1.97. The minimum atomic E-state index is -2.54. The third-order valence-corrected chi connectivity index (χ3v) is 6.08. The molecule has 1 aromatic carbocycles.